The van der Waals surface area contributed by atoms with Gasteiger partial charge in [-0.15, -0.1) is 0 Å². The second-order valence-corrected chi connectivity index (χ2v) is 11.1. The number of aromatic nitrogens is 1. The van der Waals surface area contributed by atoms with Gasteiger partial charge >= 0.3 is 11.8 Å². The number of anilines is 1. The first-order chi connectivity index (χ1) is 19.0. The number of pyridine rings is 1. The molecular formula is C29H41N8O3+. The maximum absolute atomic E-state index is 13.6. The highest BCUT2D eigenvalue weighted by Gasteiger charge is 2.44. The summed E-state index contributed by atoms with van der Waals surface area (Å²) in [7, 11) is 4.02. The Morgan fingerprint density at radius 3 is 2.67 bits per heavy atom. The number of H-pyrrole nitrogens is 1. The van der Waals surface area contributed by atoms with E-state index < -0.39 is 5.54 Å². The van der Waals surface area contributed by atoms with Crippen LogP contribution >= 0.6 is 0 Å². The number of hydrogen-bond donors (Lipinski definition) is 4. The molecule has 11 heteroatoms. The predicted octanol–water partition coefficient (Wildman–Crippen LogP) is 2.14. The number of amidine groups is 1. The van der Waals surface area contributed by atoms with E-state index in [1.165, 1.54) is 6.08 Å². The second-order valence-electron chi connectivity index (χ2n) is 11.1. The number of rotatable bonds is 8. The lowest BCUT2D eigenvalue weighted by atomic mass is 9.91. The van der Waals surface area contributed by atoms with E-state index in [4.69, 9.17) is 16.2 Å². The van der Waals surface area contributed by atoms with Gasteiger partial charge in [0.15, 0.2) is 0 Å². The molecular weight excluding hydrogens is 508 g/mol. The van der Waals surface area contributed by atoms with E-state index >= 15 is 0 Å². The third kappa shape index (κ3) is 6.10. The molecule has 0 spiro atoms. The van der Waals surface area contributed by atoms with Gasteiger partial charge in [-0.05, 0) is 76.0 Å². The first kappa shape index (κ1) is 29.0. The van der Waals surface area contributed by atoms with Crippen LogP contribution in [0, 0.1) is 5.92 Å². The Hall–Kier alpha value is -3.96. The number of aliphatic imine (C=N–C) groups is 1. The number of hydrogen-bond acceptors (Lipinski definition) is 6. The molecule has 214 valence electrons. The van der Waals surface area contributed by atoms with Gasteiger partial charge in [-0.1, -0.05) is 12.6 Å². The van der Waals surface area contributed by atoms with Crippen molar-refractivity contribution >= 4 is 40.1 Å². The molecule has 0 aliphatic carbocycles. The van der Waals surface area contributed by atoms with Gasteiger partial charge in [-0.2, -0.15) is 0 Å². The van der Waals surface area contributed by atoms with Crippen LogP contribution in [-0.4, -0.2) is 79.6 Å². The average molecular weight is 550 g/mol. The fourth-order valence-electron chi connectivity index (χ4n) is 5.37. The van der Waals surface area contributed by atoms with Gasteiger partial charge in [-0.3, -0.25) is 4.79 Å². The molecule has 1 fully saturated rings. The average Bonchev–Trinajstić information content (AvgIpc) is 3.17. The van der Waals surface area contributed by atoms with Crippen LogP contribution < -0.4 is 27.1 Å². The zero-order chi connectivity index (χ0) is 29.0. The number of nitrogens with two attached hydrogens (primary N) is 2. The van der Waals surface area contributed by atoms with Crippen molar-refractivity contribution in [3.8, 4) is 0 Å². The molecule has 3 amide bonds. The van der Waals surface area contributed by atoms with Crippen LogP contribution in [0.15, 0.2) is 59.4 Å². The second kappa shape index (κ2) is 12.1. The van der Waals surface area contributed by atoms with Crippen LogP contribution in [0.2, 0.25) is 0 Å². The van der Waals surface area contributed by atoms with E-state index in [1.54, 1.807) is 17.2 Å². The summed E-state index contributed by atoms with van der Waals surface area (Å²) < 4.78 is 5.54. The van der Waals surface area contributed by atoms with E-state index in [1.807, 2.05) is 46.1 Å². The minimum Gasteiger partial charge on any atom is -0.400 e. The van der Waals surface area contributed by atoms with Gasteiger partial charge < -0.3 is 36.6 Å². The number of fused-ring (bicyclic) bond motifs is 1. The molecule has 7 N–H and O–H groups in total. The number of ether oxygens (including phenoxy) is 1. The fraction of sp³-hybridized carbons (Fsp3) is 0.448. The summed E-state index contributed by atoms with van der Waals surface area (Å²) in [6.45, 7) is 9.72. The number of nitrogens with zero attached hydrogens (tertiary/aromatic N) is 3. The molecule has 2 aromatic rings. The lowest BCUT2D eigenvalue weighted by Gasteiger charge is -2.37. The van der Waals surface area contributed by atoms with E-state index in [0.29, 0.717) is 41.9 Å². The zero-order valence-corrected chi connectivity index (χ0v) is 23.8. The van der Waals surface area contributed by atoms with Gasteiger partial charge in [-0.25, -0.2) is 9.78 Å². The molecule has 0 radical (unpaired) electrons. The Labute approximate surface area is 235 Å². The Morgan fingerprint density at radius 1 is 1.27 bits per heavy atom. The molecule has 4 rings (SSSR count). The molecule has 2 aliphatic heterocycles. The van der Waals surface area contributed by atoms with Crippen LogP contribution in [0.25, 0.3) is 10.8 Å². The molecule has 2 aliphatic rings. The van der Waals surface area contributed by atoms with Gasteiger partial charge in [0, 0.05) is 42.6 Å². The lowest BCUT2D eigenvalue weighted by Crippen LogP contribution is -2.56. The van der Waals surface area contributed by atoms with Crippen LogP contribution in [0.3, 0.4) is 0 Å². The first-order valence-corrected chi connectivity index (χ1v) is 13.5. The van der Waals surface area contributed by atoms with Crippen LogP contribution in [0.4, 0.5) is 16.3 Å². The van der Waals surface area contributed by atoms with E-state index in [0.717, 1.165) is 30.2 Å². The molecule has 40 heavy (non-hydrogen) atoms. The molecule has 0 bridgehead atoms. The smallest absolute Gasteiger partial charge is 0.331 e. The summed E-state index contributed by atoms with van der Waals surface area (Å²) >= 11 is 0. The number of carbonyl (C=O) groups excluding carboxylic acids is 2. The van der Waals surface area contributed by atoms with Crippen LogP contribution in [0.1, 0.15) is 26.7 Å². The van der Waals surface area contributed by atoms with Crippen molar-refractivity contribution in [1.29, 1.82) is 0 Å². The summed E-state index contributed by atoms with van der Waals surface area (Å²) in [5.74, 6) is 0.764. The fourth-order valence-corrected chi connectivity index (χ4v) is 5.37. The minimum absolute atomic E-state index is 0.0143. The Balaban J connectivity index is 1.58. The molecule has 1 aromatic heterocycles. The van der Waals surface area contributed by atoms with Gasteiger partial charge in [0.05, 0.1) is 29.2 Å². The Bertz CT molecular complexity index is 1340. The van der Waals surface area contributed by atoms with Crippen LogP contribution in [-0.2, 0) is 9.53 Å². The maximum atomic E-state index is 13.6. The van der Waals surface area contributed by atoms with Crippen molar-refractivity contribution in [2.24, 2.45) is 22.4 Å². The summed E-state index contributed by atoms with van der Waals surface area (Å²) in [5.41, 5.74) is 14.1. The first-order valence-electron chi connectivity index (χ1n) is 13.5. The third-order valence-electron chi connectivity index (χ3n) is 7.74. The molecule has 0 unspecified atom stereocenters. The largest absolute Gasteiger partial charge is 0.400 e. The van der Waals surface area contributed by atoms with Crippen molar-refractivity contribution < 1.29 is 19.3 Å². The number of likely N-dealkylation sites (N-methyl/N-ethyl adjacent to an activating group) is 1. The molecule has 1 aromatic carbocycles. The highest BCUT2D eigenvalue weighted by molar-refractivity contribution is 6.08. The van der Waals surface area contributed by atoms with E-state index in [9.17, 15) is 9.59 Å². The number of carbonyl (C=O) groups is 2. The standard InChI is InChI=1S/C29H40N8O3/c1-6-24(38)33-22-9-7-8-20-19(22)10-13-32-27(20)35-26(31)21-16-37(29(2,3)25(21)30)28(39)34-23(17-36(4)5)18-11-14-40-15-12-18/h6-10,13,18,23H,1,11-12,14-17,30H2,2-5H3,(H,33,38)(H,34,39)(H2,31,32,35)/p+1/t23-/m1/s1. The minimum atomic E-state index is -0.761. The van der Waals surface area contributed by atoms with Gasteiger partial charge in [0.25, 0.3) is 0 Å². The third-order valence-corrected chi connectivity index (χ3v) is 7.74. The molecule has 1 saturated heterocycles. The Kier molecular flexibility index (Phi) is 8.75. The molecule has 3 heterocycles. The normalized spacial score (nSPS) is 18.7. The maximum Gasteiger partial charge on any atom is 0.331 e. The molecule has 1 atom stereocenters. The summed E-state index contributed by atoms with van der Waals surface area (Å²) in [6.07, 6.45) is 4.77. The number of nitrogens with one attached hydrogen (secondary N) is 3. The van der Waals surface area contributed by atoms with Crippen molar-refractivity contribution in [3.05, 3.63) is 54.4 Å². The quantitative estimate of drug-likeness (QED) is 0.225. The number of amides is 3. The van der Waals surface area contributed by atoms with E-state index in [-0.39, 0.29) is 30.4 Å². The summed E-state index contributed by atoms with van der Waals surface area (Å²) in [6, 6.07) is 7.17. The monoisotopic (exact) mass is 549 g/mol. The topological polar surface area (TPSA) is 152 Å². The lowest BCUT2D eigenvalue weighted by molar-refractivity contribution is -0.360. The highest BCUT2D eigenvalue weighted by atomic mass is 16.5. The highest BCUT2D eigenvalue weighted by Crippen LogP contribution is 2.33. The van der Waals surface area contributed by atoms with Gasteiger partial charge in [0.2, 0.25) is 11.7 Å². The predicted molar refractivity (Wildman–Crippen MR) is 157 cm³/mol. The van der Waals surface area contributed by atoms with Crippen molar-refractivity contribution in [2.75, 3.05) is 45.7 Å². The van der Waals surface area contributed by atoms with Crippen molar-refractivity contribution in [2.45, 2.75) is 38.3 Å². The summed E-state index contributed by atoms with van der Waals surface area (Å²) in [4.78, 5) is 37.2. The van der Waals surface area contributed by atoms with E-state index in [2.05, 4.69) is 32.1 Å². The number of aromatic amines is 1. The SMILES string of the molecule is C=CC(=O)Nc1cccc2c(N=C(N)C3=C(N)C(C)(C)N(C(=O)N[C@H](CN(C)C)C4CCOCC4)C3)[nH+]ccc12. The van der Waals surface area contributed by atoms with Gasteiger partial charge in [0.1, 0.15) is 0 Å². The number of urea groups is 1. The zero-order valence-electron chi connectivity index (χ0n) is 23.8. The molecule has 11 nitrogen and oxygen atoms in total. The van der Waals surface area contributed by atoms with Crippen molar-refractivity contribution in [1.82, 2.24) is 15.1 Å². The van der Waals surface area contributed by atoms with Crippen LogP contribution in [0.5, 0.6) is 0 Å². The summed E-state index contributed by atoms with van der Waals surface area (Å²) in [5, 5.41) is 7.65. The Morgan fingerprint density at radius 2 is 2.00 bits per heavy atom. The number of benzene rings is 1. The van der Waals surface area contributed by atoms with Crippen molar-refractivity contribution in [3.63, 3.8) is 0 Å². The molecule has 0 saturated carbocycles.